The first-order chi connectivity index (χ1) is 14.7. The normalized spacial score (nSPS) is 12.2. The molecular formula is C25H33ClN2O3. The third-order valence-electron chi connectivity index (χ3n) is 5.12. The summed E-state index contributed by atoms with van der Waals surface area (Å²) in [4.78, 5) is 27.3. The number of rotatable bonds is 9. The van der Waals surface area contributed by atoms with Crippen LogP contribution in [0.3, 0.4) is 0 Å². The van der Waals surface area contributed by atoms with E-state index in [1.54, 1.807) is 11.0 Å². The van der Waals surface area contributed by atoms with Crippen molar-refractivity contribution in [2.75, 3.05) is 13.2 Å². The molecule has 0 aromatic heterocycles. The van der Waals surface area contributed by atoms with Crippen LogP contribution in [0.5, 0.6) is 5.75 Å². The third kappa shape index (κ3) is 7.00. The molecule has 31 heavy (non-hydrogen) atoms. The molecule has 6 heteroatoms. The summed E-state index contributed by atoms with van der Waals surface area (Å²) in [5, 5.41) is 3.38. The average molecular weight is 445 g/mol. The Labute approximate surface area is 190 Å². The Morgan fingerprint density at radius 1 is 1.06 bits per heavy atom. The van der Waals surface area contributed by atoms with Gasteiger partial charge >= 0.3 is 0 Å². The molecule has 2 aromatic carbocycles. The number of likely N-dealkylation sites (N-methyl/N-ethyl adjacent to an activating group) is 1. The third-order valence-corrected chi connectivity index (χ3v) is 5.49. The zero-order chi connectivity index (χ0) is 23.0. The number of amides is 2. The molecule has 0 saturated carbocycles. The van der Waals surface area contributed by atoms with Crippen LogP contribution in [0.4, 0.5) is 0 Å². The Balaban J connectivity index is 2.18. The van der Waals surface area contributed by atoms with Gasteiger partial charge in [0, 0.05) is 18.1 Å². The summed E-state index contributed by atoms with van der Waals surface area (Å²) in [5.41, 5.74) is 2.02. The van der Waals surface area contributed by atoms with Crippen LogP contribution in [0.1, 0.15) is 52.2 Å². The predicted molar refractivity (Wildman–Crippen MR) is 125 cm³/mol. The molecular weight excluding hydrogens is 412 g/mol. The lowest BCUT2D eigenvalue weighted by Crippen LogP contribution is -2.50. The maximum absolute atomic E-state index is 13.1. The number of nitrogens with one attached hydrogen (secondary N) is 1. The van der Waals surface area contributed by atoms with Crippen molar-refractivity contribution in [3.05, 3.63) is 64.7 Å². The standard InChI is InChI=1S/C25H33ClN2O3/c1-6-22(24(30)27-7-2)28(16-18-10-8-9-11-21(18)26)23(29)17-31-20-14-12-19(13-15-20)25(3,4)5/h8-15,22H,6-7,16-17H2,1-5H3,(H,27,30)/t22-/m1/s1. The number of carbonyl (C=O) groups is 2. The van der Waals surface area contributed by atoms with Gasteiger partial charge in [-0.15, -0.1) is 0 Å². The van der Waals surface area contributed by atoms with Gasteiger partial charge in [-0.3, -0.25) is 9.59 Å². The molecule has 0 saturated heterocycles. The lowest BCUT2D eigenvalue weighted by atomic mass is 9.87. The Hall–Kier alpha value is -2.53. The monoisotopic (exact) mass is 444 g/mol. The van der Waals surface area contributed by atoms with Crippen molar-refractivity contribution in [1.29, 1.82) is 0 Å². The molecule has 0 unspecified atom stereocenters. The number of carbonyl (C=O) groups excluding carboxylic acids is 2. The van der Waals surface area contributed by atoms with Crippen LogP contribution in [-0.4, -0.2) is 35.9 Å². The summed E-state index contributed by atoms with van der Waals surface area (Å²) in [5.74, 6) is 0.169. The van der Waals surface area contributed by atoms with E-state index >= 15 is 0 Å². The molecule has 0 aliphatic heterocycles. The number of nitrogens with zero attached hydrogens (tertiary/aromatic N) is 1. The van der Waals surface area contributed by atoms with Crippen LogP contribution in [-0.2, 0) is 21.5 Å². The SMILES string of the molecule is CCNC(=O)[C@@H](CC)N(Cc1ccccc1Cl)C(=O)COc1ccc(C(C)(C)C)cc1. The lowest BCUT2D eigenvalue weighted by molar-refractivity contribution is -0.142. The molecule has 2 amide bonds. The number of halogens is 1. The summed E-state index contributed by atoms with van der Waals surface area (Å²) in [6.07, 6.45) is 0.488. The van der Waals surface area contributed by atoms with E-state index in [2.05, 4.69) is 26.1 Å². The van der Waals surface area contributed by atoms with Crippen LogP contribution in [0.25, 0.3) is 0 Å². The van der Waals surface area contributed by atoms with Crippen LogP contribution in [0.15, 0.2) is 48.5 Å². The zero-order valence-electron chi connectivity index (χ0n) is 19.1. The molecule has 1 N–H and O–H groups in total. The van der Waals surface area contributed by atoms with Crippen molar-refractivity contribution in [1.82, 2.24) is 10.2 Å². The van der Waals surface area contributed by atoms with E-state index < -0.39 is 6.04 Å². The van der Waals surface area contributed by atoms with E-state index in [1.165, 1.54) is 5.56 Å². The first kappa shape index (κ1) is 24.7. The van der Waals surface area contributed by atoms with Crippen molar-refractivity contribution in [3.63, 3.8) is 0 Å². The Morgan fingerprint density at radius 3 is 2.26 bits per heavy atom. The number of hydrogen-bond acceptors (Lipinski definition) is 3. The Morgan fingerprint density at radius 2 is 1.71 bits per heavy atom. The second-order valence-corrected chi connectivity index (χ2v) is 8.90. The van der Waals surface area contributed by atoms with Crippen molar-refractivity contribution in [2.45, 2.75) is 59.0 Å². The van der Waals surface area contributed by atoms with Gasteiger partial charge in [0.15, 0.2) is 6.61 Å². The summed E-state index contributed by atoms with van der Waals surface area (Å²) >= 11 is 6.32. The largest absolute Gasteiger partial charge is 0.484 e. The maximum Gasteiger partial charge on any atom is 0.261 e. The fourth-order valence-electron chi connectivity index (χ4n) is 3.30. The van der Waals surface area contributed by atoms with Gasteiger partial charge in [0.05, 0.1) is 0 Å². The van der Waals surface area contributed by atoms with Gasteiger partial charge in [-0.2, -0.15) is 0 Å². The summed E-state index contributed by atoms with van der Waals surface area (Å²) < 4.78 is 5.76. The second-order valence-electron chi connectivity index (χ2n) is 8.49. The zero-order valence-corrected chi connectivity index (χ0v) is 19.8. The first-order valence-electron chi connectivity index (χ1n) is 10.7. The van der Waals surface area contributed by atoms with Crippen LogP contribution >= 0.6 is 11.6 Å². The fourth-order valence-corrected chi connectivity index (χ4v) is 3.50. The summed E-state index contributed by atoms with van der Waals surface area (Å²) in [6, 6.07) is 14.5. The molecule has 1 atom stereocenters. The van der Waals surface area contributed by atoms with Crippen LogP contribution < -0.4 is 10.1 Å². The van der Waals surface area contributed by atoms with Gasteiger partial charge in [-0.05, 0) is 48.1 Å². The number of ether oxygens (including phenoxy) is 1. The second kappa shape index (κ2) is 11.2. The molecule has 0 bridgehead atoms. The van der Waals surface area contributed by atoms with E-state index in [0.29, 0.717) is 23.7 Å². The molecule has 0 fully saturated rings. The summed E-state index contributed by atoms with van der Waals surface area (Å²) in [7, 11) is 0. The number of benzene rings is 2. The van der Waals surface area contributed by atoms with Gasteiger partial charge in [-0.1, -0.05) is 69.6 Å². The molecule has 0 heterocycles. The van der Waals surface area contributed by atoms with Gasteiger partial charge in [0.25, 0.3) is 5.91 Å². The van der Waals surface area contributed by atoms with Gasteiger partial charge in [-0.25, -0.2) is 0 Å². The first-order valence-corrected chi connectivity index (χ1v) is 11.1. The van der Waals surface area contributed by atoms with E-state index in [0.717, 1.165) is 5.56 Å². The van der Waals surface area contributed by atoms with Gasteiger partial charge in [0.1, 0.15) is 11.8 Å². The van der Waals surface area contributed by atoms with Crippen LogP contribution in [0, 0.1) is 0 Å². The minimum atomic E-state index is -0.601. The smallest absolute Gasteiger partial charge is 0.261 e. The summed E-state index contributed by atoms with van der Waals surface area (Å²) in [6.45, 7) is 10.8. The average Bonchev–Trinajstić information content (AvgIpc) is 2.73. The lowest BCUT2D eigenvalue weighted by Gasteiger charge is -2.30. The Kier molecular flexibility index (Phi) is 8.93. The molecule has 2 rings (SSSR count). The van der Waals surface area contributed by atoms with Gasteiger partial charge < -0.3 is 15.0 Å². The van der Waals surface area contributed by atoms with Crippen molar-refractivity contribution >= 4 is 23.4 Å². The highest BCUT2D eigenvalue weighted by atomic mass is 35.5. The maximum atomic E-state index is 13.1. The number of hydrogen-bond donors (Lipinski definition) is 1. The molecule has 0 radical (unpaired) electrons. The quantitative estimate of drug-likeness (QED) is 0.594. The highest BCUT2D eigenvalue weighted by Gasteiger charge is 2.29. The minimum Gasteiger partial charge on any atom is -0.484 e. The topological polar surface area (TPSA) is 58.6 Å². The predicted octanol–water partition coefficient (Wildman–Crippen LogP) is 4.96. The molecule has 0 aliphatic rings. The molecule has 0 aliphatic carbocycles. The van der Waals surface area contributed by atoms with E-state index in [4.69, 9.17) is 16.3 Å². The van der Waals surface area contributed by atoms with Crippen LogP contribution in [0.2, 0.25) is 5.02 Å². The fraction of sp³-hybridized carbons (Fsp3) is 0.440. The molecule has 168 valence electrons. The van der Waals surface area contributed by atoms with Crippen molar-refractivity contribution in [3.8, 4) is 5.75 Å². The van der Waals surface area contributed by atoms with Crippen molar-refractivity contribution in [2.24, 2.45) is 0 Å². The van der Waals surface area contributed by atoms with E-state index in [9.17, 15) is 9.59 Å². The van der Waals surface area contributed by atoms with E-state index in [-0.39, 0.29) is 30.4 Å². The van der Waals surface area contributed by atoms with E-state index in [1.807, 2.05) is 56.3 Å². The highest BCUT2D eigenvalue weighted by Crippen LogP contribution is 2.24. The molecule has 0 spiro atoms. The van der Waals surface area contributed by atoms with Gasteiger partial charge in [0.2, 0.25) is 5.91 Å². The molecule has 2 aromatic rings. The molecule has 5 nitrogen and oxygen atoms in total. The highest BCUT2D eigenvalue weighted by molar-refractivity contribution is 6.31. The minimum absolute atomic E-state index is 0.0427. The van der Waals surface area contributed by atoms with Crippen molar-refractivity contribution < 1.29 is 14.3 Å². The Bertz CT molecular complexity index is 875.